The number of piperidine rings is 1. The summed E-state index contributed by atoms with van der Waals surface area (Å²) in [7, 11) is 1.82. The Kier molecular flexibility index (Phi) is 4.70. The van der Waals surface area contributed by atoms with Gasteiger partial charge in [0, 0.05) is 37.3 Å². The van der Waals surface area contributed by atoms with E-state index >= 15 is 0 Å². The molecule has 2 aromatic heterocycles. The second kappa shape index (κ2) is 7.31. The molecule has 7 nitrogen and oxygen atoms in total. The Morgan fingerprint density at radius 3 is 2.89 bits per heavy atom. The van der Waals surface area contributed by atoms with Crippen LogP contribution in [0.1, 0.15) is 34.6 Å². The fourth-order valence-electron chi connectivity index (χ4n) is 3.65. The Hall–Kier alpha value is -3.40. The average Bonchev–Trinajstić information content (AvgIpc) is 3.06. The molecule has 1 fully saturated rings. The highest BCUT2D eigenvalue weighted by Crippen LogP contribution is 2.26. The van der Waals surface area contributed by atoms with Crippen molar-refractivity contribution in [1.29, 1.82) is 5.26 Å². The SMILES string of the molecule is Cc1cc(C(=O)NC2CCCN(c3nc4ccccc4cc3C#N)C2)nn1C. The van der Waals surface area contributed by atoms with Crippen LogP contribution in [-0.4, -0.2) is 39.8 Å². The van der Waals surface area contributed by atoms with E-state index in [4.69, 9.17) is 4.98 Å². The van der Waals surface area contributed by atoms with E-state index in [0.29, 0.717) is 23.6 Å². The molecule has 1 atom stereocenters. The first-order valence-electron chi connectivity index (χ1n) is 9.41. The van der Waals surface area contributed by atoms with Gasteiger partial charge < -0.3 is 10.2 Å². The van der Waals surface area contributed by atoms with Crippen LogP contribution in [0.4, 0.5) is 5.82 Å². The van der Waals surface area contributed by atoms with E-state index in [1.807, 2.05) is 44.3 Å². The molecule has 4 rings (SSSR count). The molecule has 1 amide bonds. The molecule has 1 aliphatic heterocycles. The van der Waals surface area contributed by atoms with E-state index in [9.17, 15) is 10.1 Å². The molecule has 1 aliphatic rings. The van der Waals surface area contributed by atoms with Crippen LogP contribution in [0.5, 0.6) is 0 Å². The number of hydrogen-bond donors (Lipinski definition) is 1. The molecular weight excluding hydrogens is 352 g/mol. The lowest BCUT2D eigenvalue weighted by atomic mass is 10.0. The summed E-state index contributed by atoms with van der Waals surface area (Å²) in [6.07, 6.45) is 1.81. The molecule has 3 aromatic rings. The van der Waals surface area contributed by atoms with Gasteiger partial charge in [0.25, 0.3) is 5.91 Å². The van der Waals surface area contributed by atoms with Crippen LogP contribution in [0.2, 0.25) is 0 Å². The Bertz CT molecular complexity index is 1060. The molecule has 0 saturated carbocycles. The van der Waals surface area contributed by atoms with Gasteiger partial charge in [-0.2, -0.15) is 10.4 Å². The van der Waals surface area contributed by atoms with Crippen molar-refractivity contribution in [2.45, 2.75) is 25.8 Å². The number of aryl methyl sites for hydroxylation is 2. The van der Waals surface area contributed by atoms with Crippen molar-refractivity contribution in [2.24, 2.45) is 7.05 Å². The van der Waals surface area contributed by atoms with Crippen molar-refractivity contribution in [3.05, 3.63) is 53.3 Å². The molecule has 0 aliphatic carbocycles. The summed E-state index contributed by atoms with van der Waals surface area (Å²) in [5.41, 5.74) is 2.80. The van der Waals surface area contributed by atoms with Gasteiger partial charge in [0.15, 0.2) is 0 Å². The average molecular weight is 374 g/mol. The van der Waals surface area contributed by atoms with Gasteiger partial charge in [-0.15, -0.1) is 0 Å². The third kappa shape index (κ3) is 3.41. The topological polar surface area (TPSA) is 86.8 Å². The molecule has 0 spiro atoms. The maximum atomic E-state index is 12.5. The quantitative estimate of drug-likeness (QED) is 0.761. The third-order valence-corrected chi connectivity index (χ3v) is 5.23. The van der Waals surface area contributed by atoms with E-state index in [1.165, 1.54) is 0 Å². The van der Waals surface area contributed by atoms with Crippen LogP contribution >= 0.6 is 0 Å². The molecule has 7 heteroatoms. The van der Waals surface area contributed by atoms with Gasteiger partial charge in [0.05, 0.1) is 11.1 Å². The van der Waals surface area contributed by atoms with Gasteiger partial charge in [-0.3, -0.25) is 9.48 Å². The zero-order valence-electron chi connectivity index (χ0n) is 16.0. The number of carbonyl (C=O) groups is 1. The monoisotopic (exact) mass is 374 g/mol. The minimum absolute atomic E-state index is 0.0108. The largest absolute Gasteiger partial charge is 0.353 e. The van der Waals surface area contributed by atoms with Gasteiger partial charge in [-0.25, -0.2) is 4.98 Å². The van der Waals surface area contributed by atoms with Gasteiger partial charge in [0.1, 0.15) is 17.6 Å². The number of nitrogens with zero attached hydrogens (tertiary/aromatic N) is 5. The van der Waals surface area contributed by atoms with Crippen molar-refractivity contribution in [1.82, 2.24) is 20.1 Å². The summed E-state index contributed by atoms with van der Waals surface area (Å²) >= 11 is 0. The molecular formula is C21H22N6O. The van der Waals surface area contributed by atoms with Crippen LogP contribution < -0.4 is 10.2 Å². The summed E-state index contributed by atoms with van der Waals surface area (Å²) in [5.74, 6) is 0.524. The van der Waals surface area contributed by atoms with E-state index in [0.717, 1.165) is 36.0 Å². The summed E-state index contributed by atoms with van der Waals surface area (Å²) in [4.78, 5) is 19.4. The number of para-hydroxylation sites is 1. The summed E-state index contributed by atoms with van der Waals surface area (Å²) in [6, 6.07) is 13.7. The van der Waals surface area contributed by atoms with Gasteiger partial charge in [-0.1, -0.05) is 18.2 Å². The normalized spacial score (nSPS) is 16.8. The molecule has 28 heavy (non-hydrogen) atoms. The lowest BCUT2D eigenvalue weighted by Crippen LogP contribution is -2.48. The van der Waals surface area contributed by atoms with Gasteiger partial charge in [0.2, 0.25) is 0 Å². The van der Waals surface area contributed by atoms with E-state index in [2.05, 4.69) is 21.4 Å². The van der Waals surface area contributed by atoms with Crippen molar-refractivity contribution in [3.8, 4) is 6.07 Å². The van der Waals surface area contributed by atoms with Gasteiger partial charge >= 0.3 is 0 Å². The molecule has 3 heterocycles. The number of rotatable bonds is 3. The number of carbonyl (C=O) groups excluding carboxylic acids is 1. The lowest BCUT2D eigenvalue weighted by molar-refractivity contribution is 0.0927. The van der Waals surface area contributed by atoms with Crippen LogP contribution in [-0.2, 0) is 7.05 Å². The van der Waals surface area contributed by atoms with E-state index < -0.39 is 0 Å². The summed E-state index contributed by atoms with van der Waals surface area (Å²) < 4.78 is 1.69. The van der Waals surface area contributed by atoms with Gasteiger partial charge in [-0.05, 0) is 38.0 Å². The van der Waals surface area contributed by atoms with Crippen LogP contribution in [0.15, 0.2) is 36.4 Å². The molecule has 1 unspecified atom stereocenters. The predicted molar refractivity (Wildman–Crippen MR) is 107 cm³/mol. The fourth-order valence-corrected chi connectivity index (χ4v) is 3.65. The van der Waals surface area contributed by atoms with E-state index in [1.54, 1.807) is 10.7 Å². The number of pyridine rings is 1. The second-order valence-corrected chi connectivity index (χ2v) is 7.22. The molecule has 142 valence electrons. The highest BCUT2D eigenvalue weighted by molar-refractivity contribution is 5.92. The van der Waals surface area contributed by atoms with Crippen molar-refractivity contribution < 1.29 is 4.79 Å². The van der Waals surface area contributed by atoms with Crippen molar-refractivity contribution >= 4 is 22.6 Å². The Balaban J connectivity index is 1.54. The lowest BCUT2D eigenvalue weighted by Gasteiger charge is -2.34. The Labute approximate surface area is 163 Å². The maximum Gasteiger partial charge on any atom is 0.272 e. The fraction of sp³-hybridized carbons (Fsp3) is 0.333. The smallest absolute Gasteiger partial charge is 0.272 e. The summed E-state index contributed by atoms with van der Waals surface area (Å²) in [5, 5.41) is 17.9. The number of hydrogen-bond acceptors (Lipinski definition) is 5. The van der Waals surface area contributed by atoms with Crippen LogP contribution in [0, 0.1) is 18.3 Å². The molecule has 1 saturated heterocycles. The van der Waals surface area contributed by atoms with E-state index in [-0.39, 0.29) is 11.9 Å². The number of amides is 1. The first kappa shape index (κ1) is 18.0. The number of aromatic nitrogens is 3. The Morgan fingerprint density at radius 1 is 1.32 bits per heavy atom. The Morgan fingerprint density at radius 2 is 2.14 bits per heavy atom. The molecule has 1 aromatic carbocycles. The van der Waals surface area contributed by atoms with Crippen LogP contribution in [0.3, 0.4) is 0 Å². The second-order valence-electron chi connectivity index (χ2n) is 7.22. The number of anilines is 1. The first-order chi connectivity index (χ1) is 13.5. The number of fused-ring (bicyclic) bond motifs is 1. The highest BCUT2D eigenvalue weighted by atomic mass is 16.2. The van der Waals surface area contributed by atoms with Crippen molar-refractivity contribution in [3.63, 3.8) is 0 Å². The standard InChI is InChI=1S/C21H22N6O/c1-14-10-19(25-26(14)2)21(28)23-17-7-5-9-27(13-17)20-16(12-22)11-15-6-3-4-8-18(15)24-20/h3-4,6,8,10-11,17H,5,7,9,13H2,1-2H3,(H,23,28). The number of nitriles is 1. The zero-order chi connectivity index (χ0) is 19.7. The third-order valence-electron chi connectivity index (χ3n) is 5.23. The first-order valence-corrected chi connectivity index (χ1v) is 9.41. The minimum Gasteiger partial charge on any atom is -0.353 e. The molecule has 1 N–H and O–H groups in total. The summed E-state index contributed by atoms with van der Waals surface area (Å²) in [6.45, 7) is 3.35. The van der Waals surface area contributed by atoms with Crippen LogP contribution in [0.25, 0.3) is 10.9 Å². The number of benzene rings is 1. The maximum absolute atomic E-state index is 12.5. The highest BCUT2D eigenvalue weighted by Gasteiger charge is 2.25. The zero-order valence-corrected chi connectivity index (χ0v) is 16.0. The minimum atomic E-state index is -0.164. The van der Waals surface area contributed by atoms with Crippen molar-refractivity contribution in [2.75, 3.05) is 18.0 Å². The molecule has 0 bridgehead atoms. The predicted octanol–water partition coefficient (Wildman–Crippen LogP) is 2.55. The molecule has 0 radical (unpaired) electrons. The number of nitrogens with one attached hydrogen (secondary N) is 1.